The maximum absolute atomic E-state index is 12.4. The number of nitrogens with zero attached hydrogens (tertiary/aromatic N) is 1. The minimum Gasteiger partial charge on any atom is -0.483 e. The van der Waals surface area contributed by atoms with Crippen molar-refractivity contribution >= 4 is 45.9 Å². The maximum Gasteiger partial charge on any atom is 0.262 e. The normalized spacial score (nSPS) is 11.2. The maximum atomic E-state index is 12.4. The number of ether oxygens (including phenoxy) is 1. The van der Waals surface area contributed by atoms with Gasteiger partial charge in [-0.1, -0.05) is 61.3 Å². The second-order valence-electron chi connectivity index (χ2n) is 8.25. The van der Waals surface area contributed by atoms with Crippen molar-refractivity contribution in [2.45, 2.75) is 33.1 Å². The summed E-state index contributed by atoms with van der Waals surface area (Å²) in [4.78, 5) is 16.9. The predicted molar refractivity (Wildman–Crippen MR) is 133 cm³/mol. The largest absolute Gasteiger partial charge is 0.483 e. The number of halogens is 2. The van der Waals surface area contributed by atoms with Gasteiger partial charge in [0.25, 0.3) is 5.91 Å². The summed E-state index contributed by atoms with van der Waals surface area (Å²) >= 11 is 12.2. The summed E-state index contributed by atoms with van der Waals surface area (Å²) in [7, 11) is 0. The molecule has 0 saturated carbocycles. The Kier molecular flexibility index (Phi) is 6.91. The fraction of sp³-hybridized carbons (Fsp3) is 0.231. The molecule has 0 aliphatic carbocycles. The second-order valence-corrected chi connectivity index (χ2v) is 9.09. The third kappa shape index (κ3) is 5.67. The van der Waals surface area contributed by atoms with E-state index in [1.807, 2.05) is 43.3 Å². The Labute approximate surface area is 202 Å². The molecule has 4 aromatic rings. The summed E-state index contributed by atoms with van der Waals surface area (Å²) < 4.78 is 11.6. The minimum atomic E-state index is -0.218. The highest BCUT2D eigenvalue weighted by atomic mass is 35.5. The smallest absolute Gasteiger partial charge is 0.262 e. The summed E-state index contributed by atoms with van der Waals surface area (Å²) in [6.45, 7) is 6.15. The molecule has 0 saturated heterocycles. The standard InChI is InChI=1S/C26H24Cl2N2O3/c1-15(2)20-9-4-16(3)10-23(20)32-14-24(31)29-19-7-5-17(6-8-19)11-25-30-22-13-18(27)12-21(28)26(22)33-25/h4-10,12-13,15H,11,14H2,1-3H3,(H,29,31). The van der Waals surface area contributed by atoms with E-state index in [4.69, 9.17) is 32.4 Å². The zero-order valence-electron chi connectivity index (χ0n) is 18.6. The predicted octanol–water partition coefficient (Wildman–Crippen LogP) is 7.17. The van der Waals surface area contributed by atoms with E-state index in [9.17, 15) is 4.79 Å². The van der Waals surface area contributed by atoms with Crippen molar-refractivity contribution in [2.24, 2.45) is 0 Å². The first-order chi connectivity index (χ1) is 15.8. The molecule has 0 bridgehead atoms. The number of oxazole rings is 1. The molecule has 1 amide bonds. The van der Waals surface area contributed by atoms with E-state index in [0.29, 0.717) is 45.1 Å². The van der Waals surface area contributed by atoms with Gasteiger partial charge < -0.3 is 14.5 Å². The Morgan fingerprint density at radius 2 is 1.85 bits per heavy atom. The van der Waals surface area contributed by atoms with Crippen molar-refractivity contribution < 1.29 is 13.9 Å². The van der Waals surface area contributed by atoms with Crippen LogP contribution in [0.1, 0.15) is 42.3 Å². The van der Waals surface area contributed by atoms with Gasteiger partial charge in [0.05, 0.1) is 5.02 Å². The molecule has 5 nitrogen and oxygen atoms in total. The van der Waals surface area contributed by atoms with Gasteiger partial charge in [-0.3, -0.25) is 4.79 Å². The van der Waals surface area contributed by atoms with Gasteiger partial charge in [-0.15, -0.1) is 0 Å². The number of hydrogen-bond donors (Lipinski definition) is 1. The monoisotopic (exact) mass is 482 g/mol. The van der Waals surface area contributed by atoms with E-state index in [1.165, 1.54) is 0 Å². The van der Waals surface area contributed by atoms with Crippen molar-refractivity contribution in [1.82, 2.24) is 4.98 Å². The molecular weight excluding hydrogens is 459 g/mol. The summed E-state index contributed by atoms with van der Waals surface area (Å²) in [5, 5.41) is 3.81. The fourth-order valence-corrected chi connectivity index (χ4v) is 4.07. The van der Waals surface area contributed by atoms with Crippen molar-refractivity contribution in [1.29, 1.82) is 0 Å². The molecular formula is C26H24Cl2N2O3. The van der Waals surface area contributed by atoms with Gasteiger partial charge in [0.15, 0.2) is 18.1 Å². The first kappa shape index (κ1) is 23.1. The number of benzene rings is 3. The van der Waals surface area contributed by atoms with E-state index in [0.717, 1.165) is 22.4 Å². The van der Waals surface area contributed by atoms with Crippen LogP contribution in [0.3, 0.4) is 0 Å². The lowest BCUT2D eigenvalue weighted by atomic mass is 10.0. The van der Waals surface area contributed by atoms with Crippen molar-refractivity contribution in [3.8, 4) is 5.75 Å². The van der Waals surface area contributed by atoms with Crippen LogP contribution >= 0.6 is 23.2 Å². The quantitative estimate of drug-likeness (QED) is 0.303. The molecule has 33 heavy (non-hydrogen) atoms. The topological polar surface area (TPSA) is 64.4 Å². The first-order valence-electron chi connectivity index (χ1n) is 10.6. The average molecular weight is 483 g/mol. The Morgan fingerprint density at radius 3 is 2.58 bits per heavy atom. The highest BCUT2D eigenvalue weighted by molar-refractivity contribution is 6.37. The number of aryl methyl sites for hydroxylation is 1. The van der Waals surface area contributed by atoms with Crippen LogP contribution in [0, 0.1) is 6.92 Å². The summed E-state index contributed by atoms with van der Waals surface area (Å²) in [6.07, 6.45) is 0.491. The first-order valence-corrected chi connectivity index (χ1v) is 11.4. The van der Waals surface area contributed by atoms with Crippen molar-refractivity contribution in [2.75, 3.05) is 11.9 Å². The Hall–Kier alpha value is -3.02. The summed E-state index contributed by atoms with van der Waals surface area (Å²) in [5.41, 5.74) is 5.00. The van der Waals surface area contributed by atoms with Crippen LogP contribution < -0.4 is 10.1 Å². The number of hydrogen-bond acceptors (Lipinski definition) is 4. The third-order valence-corrected chi connectivity index (χ3v) is 5.70. The molecule has 1 N–H and O–H groups in total. The van der Waals surface area contributed by atoms with Gasteiger partial charge in [0.1, 0.15) is 11.3 Å². The van der Waals surface area contributed by atoms with E-state index in [-0.39, 0.29) is 12.5 Å². The molecule has 0 fully saturated rings. The van der Waals surface area contributed by atoms with Crippen LogP contribution in [0.5, 0.6) is 5.75 Å². The number of anilines is 1. The molecule has 7 heteroatoms. The van der Waals surface area contributed by atoms with Gasteiger partial charge in [-0.2, -0.15) is 0 Å². The minimum absolute atomic E-state index is 0.0584. The number of carbonyl (C=O) groups excluding carboxylic acids is 1. The van der Waals surface area contributed by atoms with Crippen LogP contribution in [0.25, 0.3) is 11.1 Å². The van der Waals surface area contributed by atoms with Crippen LogP contribution in [0.15, 0.2) is 59.0 Å². The van der Waals surface area contributed by atoms with Gasteiger partial charge in [-0.05, 0) is 59.9 Å². The Bertz CT molecular complexity index is 1300. The molecule has 4 rings (SSSR count). The lowest BCUT2D eigenvalue weighted by Gasteiger charge is -2.15. The molecule has 170 valence electrons. The van der Waals surface area contributed by atoms with Crippen LogP contribution in [0.2, 0.25) is 10.0 Å². The number of amides is 1. The molecule has 3 aromatic carbocycles. The number of carbonyl (C=O) groups is 1. The molecule has 1 aromatic heterocycles. The van der Waals surface area contributed by atoms with Gasteiger partial charge in [0.2, 0.25) is 0 Å². The molecule has 0 aliphatic rings. The third-order valence-electron chi connectivity index (χ3n) is 5.20. The molecule has 0 atom stereocenters. The lowest BCUT2D eigenvalue weighted by molar-refractivity contribution is -0.118. The van der Waals surface area contributed by atoms with E-state index < -0.39 is 0 Å². The Balaban J connectivity index is 1.36. The molecule has 0 aliphatic heterocycles. The number of rotatable bonds is 7. The van der Waals surface area contributed by atoms with Crippen LogP contribution in [0.4, 0.5) is 5.69 Å². The highest BCUT2D eigenvalue weighted by Crippen LogP contribution is 2.29. The molecule has 1 heterocycles. The number of nitrogens with one attached hydrogen (secondary N) is 1. The highest BCUT2D eigenvalue weighted by Gasteiger charge is 2.13. The zero-order valence-corrected chi connectivity index (χ0v) is 20.1. The van der Waals surface area contributed by atoms with Crippen LogP contribution in [-0.2, 0) is 11.2 Å². The lowest BCUT2D eigenvalue weighted by Crippen LogP contribution is -2.20. The number of fused-ring (bicyclic) bond motifs is 1. The number of aromatic nitrogens is 1. The molecule has 0 unspecified atom stereocenters. The SMILES string of the molecule is Cc1ccc(C(C)C)c(OCC(=O)Nc2ccc(Cc3nc4cc(Cl)cc(Cl)c4o3)cc2)c1. The van der Waals surface area contributed by atoms with Gasteiger partial charge in [-0.25, -0.2) is 4.98 Å². The van der Waals surface area contributed by atoms with Crippen LogP contribution in [-0.4, -0.2) is 17.5 Å². The summed E-state index contributed by atoms with van der Waals surface area (Å²) in [6, 6.07) is 16.9. The fourth-order valence-electron chi connectivity index (χ4n) is 3.55. The van der Waals surface area contributed by atoms with Crippen molar-refractivity contribution in [3.63, 3.8) is 0 Å². The zero-order chi connectivity index (χ0) is 23.5. The Morgan fingerprint density at radius 1 is 1.09 bits per heavy atom. The van der Waals surface area contributed by atoms with E-state index in [2.05, 4.69) is 30.2 Å². The summed E-state index contributed by atoms with van der Waals surface area (Å²) in [5.74, 6) is 1.38. The molecule has 0 spiro atoms. The average Bonchev–Trinajstić information content (AvgIpc) is 3.16. The van der Waals surface area contributed by atoms with Crippen molar-refractivity contribution in [3.05, 3.63) is 87.2 Å². The van der Waals surface area contributed by atoms with Gasteiger partial charge >= 0.3 is 0 Å². The van der Waals surface area contributed by atoms with Gasteiger partial charge in [0, 0.05) is 17.1 Å². The molecule has 0 radical (unpaired) electrons. The second kappa shape index (κ2) is 9.86. The van der Waals surface area contributed by atoms with E-state index in [1.54, 1.807) is 12.1 Å². The van der Waals surface area contributed by atoms with E-state index >= 15 is 0 Å².